The smallest absolute Gasteiger partial charge is 0.243 e. The molecule has 0 spiro atoms. The van der Waals surface area contributed by atoms with Crippen LogP contribution in [0.3, 0.4) is 0 Å². The van der Waals surface area contributed by atoms with E-state index in [1.165, 1.54) is 4.31 Å². The van der Waals surface area contributed by atoms with Crippen molar-refractivity contribution in [1.29, 1.82) is 0 Å². The Balaban J connectivity index is 2.03. The number of halogens is 1. The standard InChI is InChI=1S/C19H30ClN3O4S/c1-4-14-10-15(20)5-6-18(14)28(25,26)23-7-8-27-16(12-23)11-22-19(24)17(21)9-13(2)3/h5-6,10,13,16-17H,4,7-9,11-12,21H2,1-3H3,(H,22,24)/t16?,17-/m0/s1. The Labute approximate surface area is 172 Å². The van der Waals surface area contributed by atoms with Crippen LogP contribution in [0.25, 0.3) is 0 Å². The first-order valence-electron chi connectivity index (χ1n) is 9.58. The van der Waals surface area contributed by atoms with Crippen molar-refractivity contribution in [3.05, 3.63) is 28.8 Å². The first-order chi connectivity index (χ1) is 13.1. The van der Waals surface area contributed by atoms with Gasteiger partial charge in [-0.1, -0.05) is 32.4 Å². The average molecular weight is 432 g/mol. The van der Waals surface area contributed by atoms with Crippen LogP contribution in [0.4, 0.5) is 0 Å². The molecule has 0 saturated carbocycles. The van der Waals surface area contributed by atoms with Crippen LogP contribution in [0, 0.1) is 5.92 Å². The molecule has 1 unspecified atom stereocenters. The van der Waals surface area contributed by atoms with Crippen molar-refractivity contribution in [2.24, 2.45) is 11.7 Å². The Morgan fingerprint density at radius 2 is 2.14 bits per heavy atom. The van der Waals surface area contributed by atoms with Crippen molar-refractivity contribution in [1.82, 2.24) is 9.62 Å². The quantitative estimate of drug-likeness (QED) is 0.653. The summed E-state index contributed by atoms with van der Waals surface area (Å²) in [4.78, 5) is 12.4. The number of aryl methyl sites for hydroxylation is 1. The molecular weight excluding hydrogens is 402 g/mol. The molecule has 28 heavy (non-hydrogen) atoms. The number of carbonyl (C=O) groups excluding carboxylic acids is 1. The van der Waals surface area contributed by atoms with E-state index in [0.717, 1.165) is 0 Å². The number of morpholine rings is 1. The summed E-state index contributed by atoms with van der Waals surface area (Å²) in [6, 6.07) is 4.24. The van der Waals surface area contributed by atoms with Crippen molar-refractivity contribution in [2.75, 3.05) is 26.2 Å². The molecule has 1 heterocycles. The lowest BCUT2D eigenvalue weighted by Crippen LogP contribution is -2.51. The van der Waals surface area contributed by atoms with E-state index >= 15 is 0 Å². The molecule has 3 N–H and O–H groups in total. The van der Waals surface area contributed by atoms with E-state index in [1.54, 1.807) is 18.2 Å². The zero-order valence-corrected chi connectivity index (χ0v) is 18.2. The fourth-order valence-corrected chi connectivity index (χ4v) is 5.13. The summed E-state index contributed by atoms with van der Waals surface area (Å²) in [6.45, 7) is 6.83. The van der Waals surface area contributed by atoms with Crippen molar-refractivity contribution in [2.45, 2.75) is 50.7 Å². The molecule has 2 rings (SSSR count). The molecule has 1 aromatic carbocycles. The molecule has 1 amide bonds. The topological polar surface area (TPSA) is 102 Å². The Kier molecular flexibility index (Phi) is 8.27. The molecule has 1 fully saturated rings. The number of amides is 1. The molecule has 1 aliphatic heterocycles. The van der Waals surface area contributed by atoms with Crippen molar-refractivity contribution in [3.63, 3.8) is 0 Å². The van der Waals surface area contributed by atoms with Gasteiger partial charge in [-0.05, 0) is 42.5 Å². The van der Waals surface area contributed by atoms with Gasteiger partial charge in [0.2, 0.25) is 15.9 Å². The normalized spacial score (nSPS) is 19.6. The third-order valence-corrected chi connectivity index (χ3v) is 6.89. The van der Waals surface area contributed by atoms with Crippen LogP contribution in [0.15, 0.2) is 23.1 Å². The first kappa shape index (κ1) is 23.1. The molecule has 0 aromatic heterocycles. The van der Waals surface area contributed by atoms with Gasteiger partial charge in [0.05, 0.1) is 23.6 Å². The van der Waals surface area contributed by atoms with Crippen molar-refractivity contribution in [3.8, 4) is 0 Å². The zero-order chi connectivity index (χ0) is 20.9. The van der Waals surface area contributed by atoms with Gasteiger partial charge in [0.25, 0.3) is 0 Å². The Morgan fingerprint density at radius 3 is 2.79 bits per heavy atom. The highest BCUT2D eigenvalue weighted by atomic mass is 35.5. The van der Waals surface area contributed by atoms with E-state index in [1.807, 2.05) is 20.8 Å². The third kappa shape index (κ3) is 5.90. The average Bonchev–Trinajstić information content (AvgIpc) is 2.65. The maximum atomic E-state index is 13.1. The minimum atomic E-state index is -3.67. The van der Waals surface area contributed by atoms with E-state index < -0.39 is 22.2 Å². The van der Waals surface area contributed by atoms with Crippen LogP contribution in [-0.2, 0) is 26.0 Å². The molecule has 1 saturated heterocycles. The highest BCUT2D eigenvalue weighted by Gasteiger charge is 2.32. The third-order valence-electron chi connectivity index (χ3n) is 4.69. The van der Waals surface area contributed by atoms with E-state index in [-0.39, 0.29) is 37.0 Å². The Morgan fingerprint density at radius 1 is 1.43 bits per heavy atom. The summed E-state index contributed by atoms with van der Waals surface area (Å²) < 4.78 is 33.3. The van der Waals surface area contributed by atoms with Gasteiger partial charge < -0.3 is 15.8 Å². The fraction of sp³-hybridized carbons (Fsp3) is 0.632. The lowest BCUT2D eigenvalue weighted by Gasteiger charge is -2.33. The fourth-order valence-electron chi connectivity index (χ4n) is 3.21. The van der Waals surface area contributed by atoms with E-state index in [0.29, 0.717) is 29.3 Å². The lowest BCUT2D eigenvalue weighted by atomic mass is 10.0. The second kappa shape index (κ2) is 10.0. The minimum Gasteiger partial charge on any atom is -0.374 e. The molecule has 0 aliphatic carbocycles. The van der Waals surface area contributed by atoms with Gasteiger partial charge in [-0.3, -0.25) is 4.79 Å². The number of nitrogens with one attached hydrogen (secondary N) is 1. The number of rotatable bonds is 8. The van der Waals surface area contributed by atoms with Crippen LogP contribution < -0.4 is 11.1 Å². The SMILES string of the molecule is CCc1cc(Cl)ccc1S(=O)(=O)N1CCOC(CNC(=O)[C@@H](N)CC(C)C)C1. The van der Waals surface area contributed by atoms with Crippen LogP contribution >= 0.6 is 11.6 Å². The van der Waals surface area contributed by atoms with E-state index in [2.05, 4.69) is 5.32 Å². The van der Waals surface area contributed by atoms with Gasteiger partial charge in [-0.25, -0.2) is 8.42 Å². The van der Waals surface area contributed by atoms with Gasteiger partial charge in [0, 0.05) is 24.7 Å². The maximum absolute atomic E-state index is 13.1. The summed E-state index contributed by atoms with van der Waals surface area (Å²) in [6.07, 6.45) is 0.733. The molecule has 9 heteroatoms. The van der Waals surface area contributed by atoms with Crippen LogP contribution in [0.5, 0.6) is 0 Å². The maximum Gasteiger partial charge on any atom is 0.243 e. The summed E-state index contributed by atoms with van der Waals surface area (Å²) in [7, 11) is -3.67. The number of carbonyl (C=O) groups is 1. The van der Waals surface area contributed by atoms with Crippen LogP contribution in [0.2, 0.25) is 5.02 Å². The molecule has 1 aliphatic rings. The van der Waals surface area contributed by atoms with Crippen molar-refractivity contribution < 1.29 is 17.9 Å². The summed E-state index contributed by atoms with van der Waals surface area (Å²) in [5.74, 6) is 0.0719. The highest BCUT2D eigenvalue weighted by Crippen LogP contribution is 2.25. The molecule has 0 radical (unpaired) electrons. The minimum absolute atomic E-state index is 0.174. The number of nitrogens with zero attached hydrogens (tertiary/aromatic N) is 1. The number of nitrogens with two attached hydrogens (primary N) is 1. The number of sulfonamides is 1. The lowest BCUT2D eigenvalue weighted by molar-refractivity contribution is -0.123. The molecule has 0 bridgehead atoms. The first-order valence-corrected chi connectivity index (χ1v) is 11.4. The van der Waals surface area contributed by atoms with Gasteiger partial charge in [0.15, 0.2) is 0 Å². The zero-order valence-electron chi connectivity index (χ0n) is 16.7. The van der Waals surface area contributed by atoms with Crippen molar-refractivity contribution >= 4 is 27.5 Å². The van der Waals surface area contributed by atoms with Crippen LogP contribution in [0.1, 0.15) is 32.8 Å². The van der Waals surface area contributed by atoms with Gasteiger partial charge >= 0.3 is 0 Å². The second-order valence-corrected chi connectivity index (χ2v) is 9.79. The monoisotopic (exact) mass is 431 g/mol. The summed E-state index contributed by atoms with van der Waals surface area (Å²) in [5, 5.41) is 3.28. The predicted molar refractivity (Wildman–Crippen MR) is 110 cm³/mol. The summed E-state index contributed by atoms with van der Waals surface area (Å²) >= 11 is 6.00. The second-order valence-electron chi connectivity index (χ2n) is 7.44. The molecular formula is C19H30ClN3O4S. The Bertz CT molecular complexity index is 785. The molecule has 158 valence electrons. The van der Waals surface area contributed by atoms with Gasteiger partial charge in [0.1, 0.15) is 0 Å². The number of hydrogen-bond acceptors (Lipinski definition) is 5. The summed E-state index contributed by atoms with van der Waals surface area (Å²) in [5.41, 5.74) is 6.56. The molecule has 2 atom stereocenters. The van der Waals surface area contributed by atoms with E-state index in [4.69, 9.17) is 22.1 Å². The number of hydrogen-bond donors (Lipinski definition) is 2. The Hall–Kier alpha value is -1.19. The largest absolute Gasteiger partial charge is 0.374 e. The molecule has 7 nitrogen and oxygen atoms in total. The molecule has 1 aromatic rings. The number of ether oxygens (including phenoxy) is 1. The predicted octanol–water partition coefficient (Wildman–Crippen LogP) is 1.78. The van der Waals surface area contributed by atoms with Gasteiger partial charge in [-0.2, -0.15) is 4.31 Å². The van der Waals surface area contributed by atoms with E-state index in [9.17, 15) is 13.2 Å². The van der Waals surface area contributed by atoms with Gasteiger partial charge in [-0.15, -0.1) is 0 Å². The number of benzene rings is 1. The highest BCUT2D eigenvalue weighted by molar-refractivity contribution is 7.89. The van der Waals surface area contributed by atoms with Crippen LogP contribution in [-0.4, -0.2) is 57.0 Å².